The minimum atomic E-state index is -1.09. The number of ether oxygens (including phenoxy) is 1. The number of hydrogen-bond acceptors (Lipinski definition) is 3. The zero-order valence-electron chi connectivity index (χ0n) is 11.8. The maximum absolute atomic E-state index is 13.4. The number of carboxylic acids is 1. The van der Waals surface area contributed by atoms with Crippen LogP contribution in [-0.4, -0.2) is 23.6 Å². The van der Waals surface area contributed by atoms with Gasteiger partial charge < -0.3 is 15.2 Å². The third-order valence-corrected chi connectivity index (χ3v) is 2.95. The highest BCUT2D eigenvalue weighted by molar-refractivity contribution is 5.95. The van der Waals surface area contributed by atoms with E-state index in [4.69, 9.17) is 9.84 Å². The molecule has 5 nitrogen and oxygen atoms in total. The van der Waals surface area contributed by atoms with Crippen molar-refractivity contribution < 1.29 is 23.8 Å². The van der Waals surface area contributed by atoms with Crippen LogP contribution in [0.5, 0.6) is 5.75 Å². The van der Waals surface area contributed by atoms with Gasteiger partial charge in [-0.1, -0.05) is 18.2 Å². The summed E-state index contributed by atoms with van der Waals surface area (Å²) in [5, 5.41) is 11.5. The smallest absolute Gasteiger partial charge is 0.335 e. The fraction of sp³-hybridized carbons (Fsp3) is 0.125. The number of nitrogens with one attached hydrogen (secondary N) is 1. The summed E-state index contributed by atoms with van der Waals surface area (Å²) in [5.41, 5.74) is 1.15. The third-order valence-electron chi connectivity index (χ3n) is 2.95. The molecule has 0 heterocycles. The van der Waals surface area contributed by atoms with Gasteiger partial charge in [0, 0.05) is 5.69 Å². The van der Waals surface area contributed by atoms with Gasteiger partial charge in [-0.3, -0.25) is 4.79 Å². The second kappa shape index (κ2) is 6.71. The van der Waals surface area contributed by atoms with Gasteiger partial charge in [0.2, 0.25) is 0 Å². The highest BCUT2D eigenvalue weighted by atomic mass is 19.1. The summed E-state index contributed by atoms with van der Waals surface area (Å²) in [6, 6.07) is 10.2. The summed E-state index contributed by atoms with van der Waals surface area (Å²) in [6.45, 7) is 1.36. The Morgan fingerprint density at radius 3 is 2.64 bits per heavy atom. The Bertz CT molecular complexity index is 715. The van der Waals surface area contributed by atoms with E-state index in [0.29, 0.717) is 11.3 Å². The van der Waals surface area contributed by atoms with Crippen LogP contribution in [0.3, 0.4) is 0 Å². The number of hydrogen-bond donors (Lipinski definition) is 2. The highest BCUT2D eigenvalue weighted by Crippen LogP contribution is 2.18. The Labute approximate surface area is 126 Å². The number of para-hydroxylation sites is 1. The second-order valence-electron chi connectivity index (χ2n) is 4.60. The molecule has 114 valence electrons. The van der Waals surface area contributed by atoms with Gasteiger partial charge in [-0.2, -0.15) is 0 Å². The van der Waals surface area contributed by atoms with E-state index in [2.05, 4.69) is 5.32 Å². The van der Waals surface area contributed by atoms with E-state index in [9.17, 15) is 14.0 Å². The predicted octanol–water partition coefficient (Wildman–Crippen LogP) is 2.85. The molecule has 2 N–H and O–H groups in total. The molecule has 0 aromatic heterocycles. The Balaban J connectivity index is 2.02. The molecule has 0 aliphatic heterocycles. The lowest BCUT2D eigenvalue weighted by molar-refractivity contribution is -0.118. The Morgan fingerprint density at radius 2 is 1.95 bits per heavy atom. The molecule has 0 spiro atoms. The lowest BCUT2D eigenvalue weighted by Crippen LogP contribution is -2.21. The van der Waals surface area contributed by atoms with Crippen LogP contribution < -0.4 is 10.1 Å². The summed E-state index contributed by atoms with van der Waals surface area (Å²) in [6.07, 6.45) is 0. The number of carbonyl (C=O) groups is 2. The minimum absolute atomic E-state index is 0.0198. The summed E-state index contributed by atoms with van der Waals surface area (Å²) in [5.74, 6) is -2.17. The molecule has 0 aliphatic rings. The van der Waals surface area contributed by atoms with Crippen molar-refractivity contribution in [3.8, 4) is 5.75 Å². The van der Waals surface area contributed by atoms with E-state index in [1.54, 1.807) is 19.1 Å². The number of amides is 1. The maximum Gasteiger partial charge on any atom is 0.335 e. The first-order valence-electron chi connectivity index (χ1n) is 6.48. The number of benzene rings is 2. The minimum Gasteiger partial charge on any atom is -0.481 e. The van der Waals surface area contributed by atoms with E-state index in [0.717, 1.165) is 0 Å². The van der Waals surface area contributed by atoms with Crippen molar-refractivity contribution in [2.24, 2.45) is 0 Å². The lowest BCUT2D eigenvalue weighted by Gasteiger charge is -2.10. The quantitative estimate of drug-likeness (QED) is 0.890. The van der Waals surface area contributed by atoms with Gasteiger partial charge in [0.1, 0.15) is 0 Å². The predicted molar refractivity (Wildman–Crippen MR) is 78.7 cm³/mol. The summed E-state index contributed by atoms with van der Waals surface area (Å²) < 4.78 is 18.4. The molecule has 0 fully saturated rings. The van der Waals surface area contributed by atoms with Crippen LogP contribution in [0.4, 0.5) is 10.1 Å². The van der Waals surface area contributed by atoms with Gasteiger partial charge in [-0.05, 0) is 36.8 Å². The number of anilines is 1. The molecule has 2 aromatic carbocycles. The highest BCUT2D eigenvalue weighted by Gasteiger charge is 2.10. The van der Waals surface area contributed by atoms with Crippen molar-refractivity contribution in [3.63, 3.8) is 0 Å². The van der Waals surface area contributed by atoms with Crippen LogP contribution in [0, 0.1) is 12.7 Å². The number of carboxylic acid groups (broad SMARTS) is 1. The van der Waals surface area contributed by atoms with Crippen LogP contribution in [-0.2, 0) is 4.79 Å². The number of carbonyl (C=O) groups excluding carboxylic acids is 1. The fourth-order valence-electron chi connectivity index (χ4n) is 1.78. The standard InChI is InChI=1S/C16H14FNO4/c1-10-6-7-11(16(20)21)8-13(10)18-15(19)9-22-14-5-3-2-4-12(14)17/h2-8H,9H2,1H3,(H,18,19)(H,20,21). The molecular weight excluding hydrogens is 289 g/mol. The molecule has 0 unspecified atom stereocenters. The molecule has 6 heteroatoms. The molecule has 0 saturated carbocycles. The van der Waals surface area contributed by atoms with Crippen molar-refractivity contribution in [2.45, 2.75) is 6.92 Å². The SMILES string of the molecule is Cc1ccc(C(=O)O)cc1NC(=O)COc1ccccc1F. The molecule has 0 bridgehead atoms. The third kappa shape index (κ3) is 3.82. The summed E-state index contributed by atoms with van der Waals surface area (Å²) in [7, 11) is 0. The number of rotatable bonds is 5. The van der Waals surface area contributed by atoms with Crippen molar-refractivity contribution >= 4 is 17.6 Å². The Kier molecular flexibility index (Phi) is 4.73. The normalized spacial score (nSPS) is 10.1. The molecule has 0 radical (unpaired) electrons. The molecule has 2 aromatic rings. The first-order chi connectivity index (χ1) is 10.5. The molecule has 0 saturated heterocycles. The van der Waals surface area contributed by atoms with E-state index >= 15 is 0 Å². The molecular formula is C16H14FNO4. The van der Waals surface area contributed by atoms with Crippen LogP contribution in [0.25, 0.3) is 0 Å². The lowest BCUT2D eigenvalue weighted by atomic mass is 10.1. The molecule has 2 rings (SSSR count). The average Bonchev–Trinajstić information content (AvgIpc) is 2.48. The topological polar surface area (TPSA) is 75.6 Å². The van der Waals surface area contributed by atoms with E-state index in [1.807, 2.05) is 0 Å². The van der Waals surface area contributed by atoms with Crippen molar-refractivity contribution in [1.29, 1.82) is 0 Å². The second-order valence-corrected chi connectivity index (χ2v) is 4.60. The monoisotopic (exact) mass is 303 g/mol. The van der Waals surface area contributed by atoms with Crippen molar-refractivity contribution in [2.75, 3.05) is 11.9 Å². The Hall–Kier alpha value is -2.89. The van der Waals surface area contributed by atoms with Gasteiger partial charge in [-0.15, -0.1) is 0 Å². The Morgan fingerprint density at radius 1 is 1.23 bits per heavy atom. The first kappa shape index (κ1) is 15.5. The van der Waals surface area contributed by atoms with Gasteiger partial charge in [0.25, 0.3) is 5.91 Å². The summed E-state index contributed by atoms with van der Waals surface area (Å²) >= 11 is 0. The van der Waals surface area contributed by atoms with Gasteiger partial charge in [0.05, 0.1) is 5.56 Å². The first-order valence-corrected chi connectivity index (χ1v) is 6.48. The molecule has 1 amide bonds. The van der Waals surface area contributed by atoms with E-state index < -0.39 is 17.7 Å². The maximum atomic E-state index is 13.4. The largest absolute Gasteiger partial charge is 0.481 e. The van der Waals surface area contributed by atoms with Crippen LogP contribution in [0.15, 0.2) is 42.5 Å². The van der Waals surface area contributed by atoms with Gasteiger partial charge in [0.15, 0.2) is 18.2 Å². The number of aromatic carboxylic acids is 1. The van der Waals surface area contributed by atoms with E-state index in [1.165, 1.54) is 30.3 Å². The summed E-state index contributed by atoms with van der Waals surface area (Å²) in [4.78, 5) is 22.7. The van der Waals surface area contributed by atoms with Gasteiger partial charge >= 0.3 is 5.97 Å². The average molecular weight is 303 g/mol. The van der Waals surface area contributed by atoms with Gasteiger partial charge in [-0.25, -0.2) is 9.18 Å². The zero-order chi connectivity index (χ0) is 16.1. The zero-order valence-corrected chi connectivity index (χ0v) is 11.8. The van der Waals surface area contributed by atoms with Crippen LogP contribution in [0.1, 0.15) is 15.9 Å². The molecule has 22 heavy (non-hydrogen) atoms. The molecule has 0 atom stereocenters. The fourth-order valence-corrected chi connectivity index (χ4v) is 1.78. The van der Waals surface area contributed by atoms with Crippen molar-refractivity contribution in [1.82, 2.24) is 0 Å². The van der Waals surface area contributed by atoms with Crippen LogP contribution >= 0.6 is 0 Å². The number of aryl methyl sites for hydroxylation is 1. The van der Waals surface area contributed by atoms with Crippen LogP contribution in [0.2, 0.25) is 0 Å². The van der Waals surface area contributed by atoms with Crippen molar-refractivity contribution in [3.05, 3.63) is 59.4 Å². The van der Waals surface area contributed by atoms with E-state index in [-0.39, 0.29) is 17.9 Å². The molecule has 0 aliphatic carbocycles. The number of halogens is 1.